The lowest BCUT2D eigenvalue weighted by molar-refractivity contribution is 1.04. The van der Waals surface area contributed by atoms with Gasteiger partial charge in [-0.05, 0) is 50.1 Å². The van der Waals surface area contributed by atoms with Gasteiger partial charge >= 0.3 is 0 Å². The second-order valence-corrected chi connectivity index (χ2v) is 5.45. The van der Waals surface area contributed by atoms with E-state index in [9.17, 15) is 0 Å². The van der Waals surface area contributed by atoms with Gasteiger partial charge < -0.3 is 5.32 Å². The number of hydrogen-bond donors (Lipinski definition) is 1. The summed E-state index contributed by atoms with van der Waals surface area (Å²) < 4.78 is 1.74. The second-order valence-electron chi connectivity index (χ2n) is 3.32. The highest BCUT2D eigenvalue weighted by molar-refractivity contribution is 9.10. The Hall–Kier alpha value is -0.650. The Morgan fingerprint density at radius 3 is 2.65 bits per heavy atom. The van der Waals surface area contributed by atoms with E-state index < -0.39 is 0 Å². The Balaban J connectivity index is 2.02. The van der Waals surface area contributed by atoms with Gasteiger partial charge in [0.25, 0.3) is 0 Å². The molecule has 2 rings (SSSR count). The van der Waals surface area contributed by atoms with E-state index in [1.54, 1.807) is 12.4 Å². The Morgan fingerprint density at radius 1 is 1.18 bits per heavy atom. The van der Waals surface area contributed by atoms with Crippen molar-refractivity contribution in [2.75, 3.05) is 5.32 Å². The van der Waals surface area contributed by atoms with Crippen molar-refractivity contribution in [2.45, 2.75) is 6.54 Å². The van der Waals surface area contributed by atoms with Gasteiger partial charge in [0.2, 0.25) is 0 Å². The predicted octanol–water partition coefficient (Wildman–Crippen LogP) is 4.27. The predicted molar refractivity (Wildman–Crippen MR) is 76.2 cm³/mol. The van der Waals surface area contributed by atoms with Crippen LogP contribution in [0.2, 0.25) is 5.15 Å². The fourth-order valence-electron chi connectivity index (χ4n) is 1.22. The van der Waals surface area contributed by atoms with Crippen molar-refractivity contribution in [1.29, 1.82) is 0 Å². The van der Waals surface area contributed by atoms with E-state index in [0.717, 1.165) is 20.3 Å². The highest BCUT2D eigenvalue weighted by Gasteiger charge is 2.00. The number of anilines is 1. The minimum absolute atomic E-state index is 0.456. The minimum Gasteiger partial charge on any atom is -0.378 e. The van der Waals surface area contributed by atoms with Crippen molar-refractivity contribution in [3.05, 3.63) is 50.4 Å². The van der Waals surface area contributed by atoms with Crippen molar-refractivity contribution < 1.29 is 0 Å². The van der Waals surface area contributed by atoms with Crippen LogP contribution < -0.4 is 5.32 Å². The molecule has 0 saturated heterocycles. The third kappa shape index (κ3) is 3.66. The van der Waals surface area contributed by atoms with E-state index in [-0.39, 0.29) is 0 Å². The van der Waals surface area contributed by atoms with Gasteiger partial charge in [0.1, 0.15) is 5.15 Å². The van der Waals surface area contributed by atoms with Gasteiger partial charge in [0.15, 0.2) is 0 Å². The van der Waals surface area contributed by atoms with Crippen LogP contribution in [0.25, 0.3) is 0 Å². The van der Waals surface area contributed by atoms with Gasteiger partial charge in [-0.25, -0.2) is 4.98 Å². The standard InChI is InChI=1S/C11H8Br2ClN3/c12-7-1-2-8(15-4-7)5-16-9-3-10(13)11(14)17-6-9/h1-4,6,16H,5H2. The summed E-state index contributed by atoms with van der Waals surface area (Å²) in [6, 6.07) is 5.80. The number of pyridine rings is 2. The van der Waals surface area contributed by atoms with Crippen LogP contribution in [0.3, 0.4) is 0 Å². The minimum atomic E-state index is 0.456. The van der Waals surface area contributed by atoms with E-state index in [4.69, 9.17) is 11.6 Å². The second kappa shape index (κ2) is 5.80. The molecule has 0 aliphatic carbocycles. The van der Waals surface area contributed by atoms with Crippen LogP contribution in [0.4, 0.5) is 5.69 Å². The summed E-state index contributed by atoms with van der Waals surface area (Å²) in [5, 5.41) is 3.68. The average Bonchev–Trinajstić information content (AvgIpc) is 2.33. The largest absolute Gasteiger partial charge is 0.378 e. The zero-order valence-electron chi connectivity index (χ0n) is 8.62. The zero-order chi connectivity index (χ0) is 12.3. The van der Waals surface area contributed by atoms with Crippen molar-refractivity contribution in [3.63, 3.8) is 0 Å². The Morgan fingerprint density at radius 2 is 2.00 bits per heavy atom. The van der Waals surface area contributed by atoms with Crippen molar-refractivity contribution in [2.24, 2.45) is 0 Å². The first-order valence-corrected chi connectivity index (χ1v) is 6.77. The molecule has 88 valence electrons. The average molecular weight is 377 g/mol. The Bertz CT molecular complexity index is 517. The van der Waals surface area contributed by atoms with E-state index in [1.807, 2.05) is 18.2 Å². The molecule has 0 aromatic carbocycles. The molecule has 0 fully saturated rings. The lowest BCUT2D eigenvalue weighted by atomic mass is 10.3. The van der Waals surface area contributed by atoms with Gasteiger partial charge in [-0.15, -0.1) is 0 Å². The lowest BCUT2D eigenvalue weighted by Crippen LogP contribution is -2.01. The zero-order valence-corrected chi connectivity index (χ0v) is 12.6. The number of rotatable bonds is 3. The molecule has 0 saturated carbocycles. The summed E-state index contributed by atoms with van der Waals surface area (Å²) in [4.78, 5) is 8.30. The molecule has 2 aromatic rings. The summed E-state index contributed by atoms with van der Waals surface area (Å²) in [5.74, 6) is 0. The number of halogens is 3. The highest BCUT2D eigenvalue weighted by Crippen LogP contribution is 2.23. The molecule has 0 amide bonds. The normalized spacial score (nSPS) is 10.3. The topological polar surface area (TPSA) is 37.8 Å². The van der Waals surface area contributed by atoms with Crippen LogP contribution in [0.1, 0.15) is 5.69 Å². The number of aromatic nitrogens is 2. The maximum Gasteiger partial charge on any atom is 0.143 e. The molecule has 0 unspecified atom stereocenters. The summed E-state index contributed by atoms with van der Waals surface area (Å²) >= 11 is 12.5. The van der Waals surface area contributed by atoms with Gasteiger partial charge in [0.05, 0.1) is 28.6 Å². The fraction of sp³-hybridized carbons (Fsp3) is 0.0909. The molecule has 17 heavy (non-hydrogen) atoms. The fourth-order valence-corrected chi connectivity index (χ4v) is 1.91. The highest BCUT2D eigenvalue weighted by atomic mass is 79.9. The van der Waals surface area contributed by atoms with E-state index >= 15 is 0 Å². The molecule has 0 aliphatic heterocycles. The van der Waals surface area contributed by atoms with Crippen LogP contribution in [-0.2, 0) is 6.54 Å². The number of nitrogens with zero attached hydrogens (tertiary/aromatic N) is 2. The van der Waals surface area contributed by atoms with Gasteiger partial charge in [-0.1, -0.05) is 11.6 Å². The van der Waals surface area contributed by atoms with Crippen molar-refractivity contribution >= 4 is 49.1 Å². The molecule has 1 N–H and O–H groups in total. The summed E-state index contributed by atoms with van der Waals surface area (Å²) in [6.07, 6.45) is 3.46. The van der Waals surface area contributed by atoms with Crippen molar-refractivity contribution in [3.8, 4) is 0 Å². The van der Waals surface area contributed by atoms with Gasteiger partial charge in [-0.3, -0.25) is 4.98 Å². The molecule has 0 atom stereocenters. The molecule has 0 aliphatic rings. The first-order chi connectivity index (χ1) is 8.15. The Labute approximate surface area is 121 Å². The quantitative estimate of drug-likeness (QED) is 0.812. The molecule has 0 spiro atoms. The molecule has 2 heterocycles. The molecular weight excluding hydrogens is 369 g/mol. The van der Waals surface area contributed by atoms with Crippen LogP contribution in [0.15, 0.2) is 39.5 Å². The molecular formula is C11H8Br2ClN3. The van der Waals surface area contributed by atoms with Gasteiger partial charge in [0, 0.05) is 10.7 Å². The van der Waals surface area contributed by atoms with Crippen LogP contribution >= 0.6 is 43.5 Å². The van der Waals surface area contributed by atoms with Crippen LogP contribution in [0.5, 0.6) is 0 Å². The molecule has 2 aromatic heterocycles. The lowest BCUT2D eigenvalue weighted by Gasteiger charge is -2.06. The Kier molecular flexibility index (Phi) is 4.36. The summed E-state index contributed by atoms with van der Waals surface area (Å²) in [6.45, 7) is 0.642. The first kappa shape index (κ1) is 12.8. The van der Waals surface area contributed by atoms with Crippen LogP contribution in [-0.4, -0.2) is 9.97 Å². The van der Waals surface area contributed by atoms with E-state index in [0.29, 0.717) is 11.7 Å². The van der Waals surface area contributed by atoms with E-state index in [2.05, 4.69) is 47.1 Å². The third-order valence-corrected chi connectivity index (χ3v) is 3.66. The van der Waals surface area contributed by atoms with E-state index in [1.165, 1.54) is 0 Å². The summed E-state index contributed by atoms with van der Waals surface area (Å²) in [7, 11) is 0. The summed E-state index contributed by atoms with van der Waals surface area (Å²) in [5.41, 5.74) is 1.85. The monoisotopic (exact) mass is 375 g/mol. The third-order valence-electron chi connectivity index (χ3n) is 2.06. The molecule has 6 heteroatoms. The van der Waals surface area contributed by atoms with Crippen molar-refractivity contribution in [1.82, 2.24) is 9.97 Å². The molecule has 0 bridgehead atoms. The molecule has 3 nitrogen and oxygen atoms in total. The number of hydrogen-bond acceptors (Lipinski definition) is 3. The SMILES string of the molecule is Clc1ncc(NCc2ccc(Br)cn2)cc1Br. The maximum atomic E-state index is 5.81. The van der Waals surface area contributed by atoms with Gasteiger partial charge in [-0.2, -0.15) is 0 Å². The number of nitrogens with one attached hydrogen (secondary N) is 1. The molecule has 0 radical (unpaired) electrons. The smallest absolute Gasteiger partial charge is 0.143 e. The van der Waals surface area contributed by atoms with Crippen LogP contribution in [0, 0.1) is 0 Å². The maximum absolute atomic E-state index is 5.81. The first-order valence-electron chi connectivity index (χ1n) is 4.80.